The van der Waals surface area contributed by atoms with Crippen LogP contribution >= 0.6 is 46.4 Å². The summed E-state index contributed by atoms with van der Waals surface area (Å²) in [6, 6.07) is 0. The predicted molar refractivity (Wildman–Crippen MR) is 62.3 cm³/mol. The first-order valence-corrected chi connectivity index (χ1v) is 5.44. The number of carbonyl (C=O) groups excluding carboxylic acids is 2. The van der Waals surface area contributed by atoms with Gasteiger partial charge < -0.3 is 4.90 Å². The Kier molecular flexibility index (Phi) is 4.41. The van der Waals surface area contributed by atoms with Crippen LogP contribution in [-0.4, -0.2) is 16.7 Å². The standard InChI is InChI=1S/C9H2Cl4NO2.Cu/c1-14-8(15)2-3(9(14)16)5(11)7(13)6(12)4(2)10;/h1H2;/q-1;+1. The zero-order valence-corrected chi connectivity index (χ0v) is 11.7. The summed E-state index contributed by atoms with van der Waals surface area (Å²) in [5.41, 5.74) is -0.109. The second-order valence-electron chi connectivity index (χ2n) is 3.04. The summed E-state index contributed by atoms with van der Waals surface area (Å²) in [6.07, 6.45) is 0. The van der Waals surface area contributed by atoms with Gasteiger partial charge in [0.25, 0.3) is 0 Å². The maximum atomic E-state index is 11.6. The molecule has 0 unspecified atom stereocenters. The minimum atomic E-state index is -0.648. The normalized spacial score (nSPS) is 13.8. The number of imide groups is 1. The molecule has 2 rings (SSSR count). The van der Waals surface area contributed by atoms with Gasteiger partial charge in [0.1, 0.15) is 0 Å². The first-order chi connectivity index (χ1) is 7.37. The van der Waals surface area contributed by atoms with E-state index in [1.165, 1.54) is 0 Å². The molecule has 3 nitrogen and oxygen atoms in total. The molecule has 0 saturated carbocycles. The summed E-state index contributed by atoms with van der Waals surface area (Å²) in [7, 11) is 3.29. The van der Waals surface area contributed by atoms with Gasteiger partial charge in [-0.25, -0.2) is 7.05 Å². The molecule has 8 heteroatoms. The van der Waals surface area contributed by atoms with Crippen molar-refractivity contribution in [3.63, 3.8) is 0 Å². The molecular formula is C9H2Cl4CuNO2. The van der Waals surface area contributed by atoms with E-state index in [0.29, 0.717) is 4.90 Å². The molecule has 0 atom stereocenters. The zero-order chi connectivity index (χ0) is 12.2. The van der Waals surface area contributed by atoms with Crippen molar-refractivity contribution in [1.82, 2.24) is 4.90 Å². The molecule has 2 amide bonds. The van der Waals surface area contributed by atoms with Gasteiger partial charge in [0.2, 0.25) is 11.8 Å². The van der Waals surface area contributed by atoms with Gasteiger partial charge in [0.15, 0.2) is 0 Å². The summed E-state index contributed by atoms with van der Waals surface area (Å²) < 4.78 is 0. The van der Waals surface area contributed by atoms with Crippen molar-refractivity contribution in [2.45, 2.75) is 0 Å². The minimum Gasteiger partial charge on any atom is -0.430 e. The van der Waals surface area contributed by atoms with E-state index in [9.17, 15) is 9.59 Å². The number of rotatable bonds is 0. The van der Waals surface area contributed by atoms with Gasteiger partial charge in [0.05, 0.1) is 31.2 Å². The zero-order valence-electron chi connectivity index (χ0n) is 7.78. The molecule has 0 fully saturated rings. The van der Waals surface area contributed by atoms with E-state index < -0.39 is 11.8 Å². The van der Waals surface area contributed by atoms with Crippen LogP contribution in [0.15, 0.2) is 0 Å². The Morgan fingerprint density at radius 1 is 0.765 bits per heavy atom. The van der Waals surface area contributed by atoms with Crippen molar-refractivity contribution in [3.05, 3.63) is 38.3 Å². The fourth-order valence-corrected chi connectivity index (χ4v) is 2.41. The summed E-state index contributed by atoms with van der Waals surface area (Å²) in [5.74, 6) is -1.30. The average Bonchev–Trinajstić information content (AvgIpc) is 2.48. The number of hydrogen-bond donors (Lipinski definition) is 0. The minimum absolute atomic E-state index is 0. The molecule has 1 aromatic rings. The molecule has 0 aliphatic carbocycles. The summed E-state index contributed by atoms with van der Waals surface area (Å²) in [5, 5.41) is -0.279. The number of amides is 2. The first-order valence-electron chi connectivity index (χ1n) is 3.93. The molecule has 0 N–H and O–H groups in total. The van der Waals surface area contributed by atoms with Crippen LogP contribution in [0.5, 0.6) is 0 Å². The molecule has 0 radical (unpaired) electrons. The Balaban J connectivity index is 0.00000144. The van der Waals surface area contributed by atoms with Crippen LogP contribution in [0.25, 0.3) is 0 Å². The molecule has 0 bridgehead atoms. The summed E-state index contributed by atoms with van der Waals surface area (Å²) in [6.45, 7) is 0. The molecular weight excluding hydrogens is 359 g/mol. The molecule has 0 aromatic heterocycles. The van der Waals surface area contributed by atoms with E-state index >= 15 is 0 Å². The van der Waals surface area contributed by atoms with E-state index in [1.54, 1.807) is 0 Å². The second kappa shape index (κ2) is 4.96. The van der Waals surface area contributed by atoms with Crippen LogP contribution in [0, 0.1) is 7.05 Å². The number of nitrogens with zero attached hydrogens (tertiary/aromatic N) is 1. The fourth-order valence-electron chi connectivity index (χ4n) is 1.40. The number of hydrogen-bond acceptors (Lipinski definition) is 2. The third kappa shape index (κ3) is 1.97. The first kappa shape index (κ1) is 15.1. The SMILES string of the molecule is [CH2-]N1C(=O)c2c(Cl)c(Cl)c(Cl)c(Cl)c2C1=O.[Cu+]. The number of carbonyl (C=O) groups is 2. The van der Waals surface area contributed by atoms with Crippen molar-refractivity contribution < 1.29 is 26.7 Å². The number of benzene rings is 1. The number of halogens is 4. The molecule has 0 saturated heterocycles. The van der Waals surface area contributed by atoms with Gasteiger partial charge in [-0.05, 0) is 0 Å². The van der Waals surface area contributed by atoms with Crippen molar-refractivity contribution in [2.75, 3.05) is 0 Å². The van der Waals surface area contributed by atoms with Gasteiger partial charge >= 0.3 is 17.1 Å². The fraction of sp³-hybridized carbons (Fsp3) is 0. The molecule has 1 aliphatic heterocycles. The van der Waals surface area contributed by atoms with E-state index in [0.717, 1.165) is 0 Å². The largest absolute Gasteiger partial charge is 1.00 e. The molecule has 1 heterocycles. The van der Waals surface area contributed by atoms with Crippen LogP contribution in [0.3, 0.4) is 0 Å². The summed E-state index contributed by atoms with van der Waals surface area (Å²) >= 11 is 23.2. The van der Waals surface area contributed by atoms with Gasteiger partial charge in [-0.1, -0.05) is 46.4 Å². The Morgan fingerprint density at radius 3 is 1.35 bits per heavy atom. The van der Waals surface area contributed by atoms with Gasteiger partial charge in [0, 0.05) is 0 Å². The molecule has 1 aliphatic rings. The topological polar surface area (TPSA) is 37.4 Å². The van der Waals surface area contributed by atoms with E-state index in [4.69, 9.17) is 46.4 Å². The maximum Gasteiger partial charge on any atom is 1.00 e. The van der Waals surface area contributed by atoms with Crippen LogP contribution < -0.4 is 0 Å². The van der Waals surface area contributed by atoms with E-state index in [2.05, 4.69) is 7.05 Å². The van der Waals surface area contributed by atoms with Gasteiger partial charge in [-0.3, -0.25) is 9.59 Å². The maximum absolute atomic E-state index is 11.6. The van der Waals surface area contributed by atoms with Crippen molar-refractivity contribution >= 4 is 58.2 Å². The Labute approximate surface area is 127 Å². The third-order valence-corrected chi connectivity index (χ3v) is 3.99. The Hall–Kier alpha value is 0.0395. The molecule has 17 heavy (non-hydrogen) atoms. The Morgan fingerprint density at radius 2 is 1.06 bits per heavy atom. The van der Waals surface area contributed by atoms with Crippen LogP contribution in [0.4, 0.5) is 0 Å². The summed E-state index contributed by atoms with van der Waals surface area (Å²) in [4.78, 5) is 23.9. The van der Waals surface area contributed by atoms with E-state index in [-0.39, 0.29) is 48.3 Å². The van der Waals surface area contributed by atoms with Crippen molar-refractivity contribution in [3.8, 4) is 0 Å². The predicted octanol–water partition coefficient (Wildman–Crippen LogP) is 3.69. The van der Waals surface area contributed by atoms with Crippen LogP contribution in [-0.2, 0) is 17.1 Å². The van der Waals surface area contributed by atoms with E-state index in [1.807, 2.05) is 0 Å². The third-order valence-electron chi connectivity index (χ3n) is 2.19. The number of fused-ring (bicyclic) bond motifs is 1. The quantitative estimate of drug-likeness (QED) is 0.232. The molecule has 94 valence electrons. The van der Waals surface area contributed by atoms with Gasteiger partial charge in [-0.15, -0.1) is 0 Å². The van der Waals surface area contributed by atoms with Crippen LogP contribution in [0.2, 0.25) is 20.1 Å². The average molecular weight is 361 g/mol. The monoisotopic (exact) mass is 359 g/mol. The second-order valence-corrected chi connectivity index (χ2v) is 4.56. The van der Waals surface area contributed by atoms with Gasteiger partial charge in [-0.2, -0.15) is 0 Å². The van der Waals surface area contributed by atoms with Crippen LogP contribution in [0.1, 0.15) is 20.7 Å². The Bertz CT molecular complexity index is 500. The molecule has 0 spiro atoms. The smallest absolute Gasteiger partial charge is 0.430 e. The van der Waals surface area contributed by atoms with Crippen molar-refractivity contribution in [1.29, 1.82) is 0 Å². The molecule has 1 aromatic carbocycles. The van der Waals surface area contributed by atoms with Crippen molar-refractivity contribution in [2.24, 2.45) is 0 Å².